The maximum absolute atomic E-state index is 10.5. The van der Waals surface area contributed by atoms with Crippen molar-refractivity contribution in [3.63, 3.8) is 0 Å². The molecule has 3 atom stereocenters. The first kappa shape index (κ1) is 21.3. The van der Waals surface area contributed by atoms with E-state index in [1.165, 1.54) is 0 Å². The van der Waals surface area contributed by atoms with Gasteiger partial charge in [-0.25, -0.2) is 9.97 Å². The van der Waals surface area contributed by atoms with Gasteiger partial charge in [-0.2, -0.15) is 4.98 Å². The summed E-state index contributed by atoms with van der Waals surface area (Å²) in [7, 11) is 0. The molecule has 0 saturated carbocycles. The van der Waals surface area contributed by atoms with Crippen LogP contribution in [0.2, 0.25) is 0 Å². The maximum Gasteiger partial charge on any atom is 0.224 e. The van der Waals surface area contributed by atoms with Crippen LogP contribution in [-0.4, -0.2) is 55.8 Å². The van der Waals surface area contributed by atoms with Crippen LogP contribution < -0.4 is 10.6 Å². The lowest BCUT2D eigenvalue weighted by atomic mass is 10.0. The van der Waals surface area contributed by atoms with Crippen LogP contribution in [0.1, 0.15) is 30.3 Å². The number of alkyl halides is 1. The number of ether oxygens (including phenoxy) is 1. The monoisotopic (exact) mass is 450 g/mol. The Hall–Kier alpha value is -1.97. The Morgan fingerprint density at radius 3 is 3.03 bits per heavy atom. The summed E-state index contributed by atoms with van der Waals surface area (Å²) in [5.74, 6) is 1.25. The molecule has 0 bridgehead atoms. The number of allylic oxidation sites excluding steroid dienone is 3. The number of hydrogen-bond acceptors (Lipinski definition) is 7. The quantitative estimate of drug-likeness (QED) is 0.440. The third kappa shape index (κ3) is 5.19. The summed E-state index contributed by atoms with van der Waals surface area (Å²) in [6.45, 7) is 3.80. The number of aromatic nitrogens is 4. The Balaban J connectivity index is 1.42. The van der Waals surface area contributed by atoms with Gasteiger partial charge in [-0.1, -0.05) is 17.2 Å². The van der Waals surface area contributed by atoms with Gasteiger partial charge in [-0.3, -0.25) is 9.88 Å². The minimum atomic E-state index is -0.930. The predicted octanol–water partition coefficient (Wildman–Crippen LogP) is 2.81. The second-order valence-corrected chi connectivity index (χ2v) is 8.47. The van der Waals surface area contributed by atoms with Crippen LogP contribution in [0.3, 0.4) is 0 Å². The van der Waals surface area contributed by atoms with Gasteiger partial charge in [-0.15, -0.1) is 11.6 Å². The van der Waals surface area contributed by atoms with E-state index in [1.54, 1.807) is 29.4 Å². The minimum absolute atomic E-state index is 0.130. The van der Waals surface area contributed by atoms with Crippen molar-refractivity contribution in [1.29, 1.82) is 0 Å². The molecule has 2 unspecified atom stereocenters. The lowest BCUT2D eigenvalue weighted by Crippen LogP contribution is -2.25. The molecule has 0 radical (unpaired) electrons. The number of hydrogen-bond donors (Lipinski definition) is 3. The number of rotatable bonds is 7. The van der Waals surface area contributed by atoms with Gasteiger partial charge in [0, 0.05) is 36.1 Å². The van der Waals surface area contributed by atoms with Crippen LogP contribution in [0.5, 0.6) is 0 Å². The molecule has 160 valence electrons. The minimum Gasteiger partial charge on any atom is -0.379 e. The van der Waals surface area contributed by atoms with E-state index < -0.39 is 6.23 Å². The Kier molecular flexibility index (Phi) is 6.70. The average molecular weight is 451 g/mol. The van der Waals surface area contributed by atoms with Gasteiger partial charge in [0.2, 0.25) is 5.95 Å². The summed E-state index contributed by atoms with van der Waals surface area (Å²) in [6, 6.07) is 0.218. The highest BCUT2D eigenvalue weighted by atomic mass is 35.5. The third-order valence-electron chi connectivity index (χ3n) is 5.00. The molecule has 1 saturated heterocycles. The molecule has 10 heteroatoms. The largest absolute Gasteiger partial charge is 0.379 e. The SMILES string of the molecule is Cc1cnc(N[C@H]2CCOC2)nc1-n1cnc(C(O)NCC2=CC(Cl)=CC(Cl)C2)c1. The summed E-state index contributed by atoms with van der Waals surface area (Å²) in [5.41, 5.74) is 2.42. The lowest BCUT2D eigenvalue weighted by Gasteiger charge is -2.17. The van der Waals surface area contributed by atoms with Gasteiger partial charge >= 0.3 is 0 Å². The number of anilines is 1. The highest BCUT2D eigenvalue weighted by molar-refractivity contribution is 6.32. The van der Waals surface area contributed by atoms with E-state index in [2.05, 4.69) is 25.6 Å². The zero-order valence-electron chi connectivity index (χ0n) is 16.6. The Bertz CT molecular complexity index is 955. The van der Waals surface area contributed by atoms with Crippen LogP contribution in [0, 0.1) is 6.92 Å². The van der Waals surface area contributed by atoms with Gasteiger partial charge in [0.15, 0.2) is 0 Å². The van der Waals surface area contributed by atoms with Gasteiger partial charge < -0.3 is 15.2 Å². The fraction of sp³-hybridized carbons (Fsp3) is 0.450. The molecule has 3 N–H and O–H groups in total. The maximum atomic E-state index is 10.5. The van der Waals surface area contributed by atoms with Crippen LogP contribution >= 0.6 is 23.2 Å². The highest BCUT2D eigenvalue weighted by Gasteiger charge is 2.18. The van der Waals surface area contributed by atoms with Crippen molar-refractivity contribution in [1.82, 2.24) is 24.8 Å². The van der Waals surface area contributed by atoms with E-state index >= 15 is 0 Å². The molecule has 2 aliphatic rings. The van der Waals surface area contributed by atoms with E-state index in [0.29, 0.717) is 42.1 Å². The molecule has 0 amide bonds. The average Bonchev–Trinajstić information content (AvgIpc) is 3.39. The number of imidazole rings is 1. The van der Waals surface area contributed by atoms with E-state index in [-0.39, 0.29) is 11.4 Å². The zero-order chi connectivity index (χ0) is 21.1. The molecule has 0 aromatic carbocycles. The molecule has 0 spiro atoms. The van der Waals surface area contributed by atoms with Crippen LogP contribution in [0.25, 0.3) is 5.82 Å². The smallest absolute Gasteiger partial charge is 0.224 e. The fourth-order valence-corrected chi connectivity index (χ4v) is 4.13. The highest BCUT2D eigenvalue weighted by Crippen LogP contribution is 2.24. The standard InChI is InChI=1S/C20H24Cl2N6O2/c1-12-7-24-20(26-16-2-3-30-10-16)27-18(12)28-9-17(25-11-28)19(29)23-8-13-4-14(21)6-15(22)5-13/h4,6-7,9,11,15-16,19,23,29H,2-3,5,8,10H2,1H3,(H,24,26,27)/t15?,16-,19?/m0/s1. The van der Waals surface area contributed by atoms with E-state index in [0.717, 1.165) is 24.2 Å². The number of aryl methyl sites for hydroxylation is 1. The zero-order valence-corrected chi connectivity index (χ0v) is 18.1. The van der Waals surface area contributed by atoms with Crippen molar-refractivity contribution in [3.05, 3.63) is 52.7 Å². The molecule has 8 nitrogen and oxygen atoms in total. The second kappa shape index (κ2) is 9.45. The van der Waals surface area contributed by atoms with Gasteiger partial charge in [0.05, 0.1) is 18.0 Å². The lowest BCUT2D eigenvalue weighted by molar-refractivity contribution is 0.138. The molecular formula is C20H24Cl2N6O2. The van der Waals surface area contributed by atoms with Crippen molar-refractivity contribution < 1.29 is 9.84 Å². The van der Waals surface area contributed by atoms with E-state index in [9.17, 15) is 5.11 Å². The van der Waals surface area contributed by atoms with Gasteiger partial charge in [0.25, 0.3) is 0 Å². The Morgan fingerprint density at radius 1 is 1.40 bits per heavy atom. The molecule has 1 aliphatic carbocycles. The first-order valence-electron chi connectivity index (χ1n) is 9.82. The number of aliphatic hydroxyl groups excluding tert-OH is 1. The van der Waals surface area contributed by atoms with Gasteiger partial charge in [-0.05, 0) is 31.9 Å². The number of nitrogens with zero attached hydrogens (tertiary/aromatic N) is 4. The summed E-state index contributed by atoms with van der Waals surface area (Å²) in [4.78, 5) is 13.3. The molecule has 30 heavy (non-hydrogen) atoms. The van der Waals surface area contributed by atoms with Crippen LogP contribution in [-0.2, 0) is 4.74 Å². The molecule has 1 fully saturated rings. The normalized spacial score (nSPS) is 22.5. The number of aliphatic hydroxyl groups is 1. The summed E-state index contributed by atoms with van der Waals surface area (Å²) >= 11 is 12.2. The molecule has 4 rings (SSSR count). The first-order valence-corrected chi connectivity index (χ1v) is 10.6. The Morgan fingerprint density at radius 2 is 2.27 bits per heavy atom. The topological polar surface area (TPSA) is 97.1 Å². The van der Waals surface area contributed by atoms with Crippen LogP contribution in [0.4, 0.5) is 5.95 Å². The summed E-state index contributed by atoms with van der Waals surface area (Å²) in [5, 5.41) is 17.3. The van der Waals surface area contributed by atoms with Crippen molar-refractivity contribution >= 4 is 29.2 Å². The van der Waals surface area contributed by atoms with E-state index in [4.69, 9.17) is 27.9 Å². The van der Waals surface area contributed by atoms with Crippen molar-refractivity contribution in [2.75, 3.05) is 25.1 Å². The third-order valence-corrected chi connectivity index (χ3v) is 5.51. The summed E-state index contributed by atoms with van der Waals surface area (Å²) < 4.78 is 7.17. The molecule has 3 heterocycles. The van der Waals surface area contributed by atoms with E-state index in [1.807, 2.05) is 13.0 Å². The van der Waals surface area contributed by atoms with Crippen molar-refractivity contribution in [3.8, 4) is 5.82 Å². The van der Waals surface area contributed by atoms with Crippen molar-refractivity contribution in [2.45, 2.75) is 37.4 Å². The molecule has 2 aromatic rings. The van der Waals surface area contributed by atoms with Crippen molar-refractivity contribution in [2.24, 2.45) is 0 Å². The molecule has 2 aromatic heterocycles. The van der Waals surface area contributed by atoms with Crippen LogP contribution in [0.15, 0.2) is 41.5 Å². The second-order valence-electron chi connectivity index (χ2n) is 7.47. The predicted molar refractivity (Wildman–Crippen MR) is 116 cm³/mol. The molecule has 1 aliphatic heterocycles. The number of nitrogens with one attached hydrogen (secondary N) is 2. The first-order chi connectivity index (χ1) is 14.5. The number of halogens is 2. The fourth-order valence-electron chi connectivity index (χ4n) is 3.43. The Labute approximate surface area is 185 Å². The summed E-state index contributed by atoms with van der Waals surface area (Å²) in [6.07, 6.45) is 9.51. The van der Waals surface area contributed by atoms with Gasteiger partial charge in [0.1, 0.15) is 24.1 Å². The molecular weight excluding hydrogens is 427 g/mol.